The molecule has 1 amide bonds. The van der Waals surface area contributed by atoms with Crippen LogP contribution in [0.3, 0.4) is 0 Å². The topological polar surface area (TPSA) is 84.2 Å². The fraction of sp³-hybridized carbons (Fsp3) is 0.118. The molecule has 1 aromatic heterocycles. The number of nitrogens with zero attached hydrogens (tertiary/aromatic N) is 2. The van der Waals surface area contributed by atoms with Gasteiger partial charge in [0.1, 0.15) is 23.3 Å². The number of nitrogens with one attached hydrogen (secondary N) is 1. The summed E-state index contributed by atoms with van der Waals surface area (Å²) in [5.41, 5.74) is -0.819. The molecule has 0 radical (unpaired) electrons. The van der Waals surface area contributed by atoms with Crippen LogP contribution in [0.4, 0.5) is 18.0 Å². The van der Waals surface area contributed by atoms with Gasteiger partial charge in [-0.2, -0.15) is 0 Å². The van der Waals surface area contributed by atoms with Crippen LogP contribution in [-0.4, -0.2) is 20.8 Å². The third kappa shape index (κ3) is 3.75. The van der Waals surface area contributed by atoms with Crippen LogP contribution in [0.15, 0.2) is 35.1 Å². The molecule has 0 aliphatic heterocycles. The lowest BCUT2D eigenvalue weighted by atomic mass is 10.2. The van der Waals surface area contributed by atoms with Crippen molar-refractivity contribution in [1.82, 2.24) is 14.9 Å². The molecule has 1 heterocycles. The van der Waals surface area contributed by atoms with Gasteiger partial charge in [0.05, 0.1) is 22.6 Å². The molecule has 6 nitrogen and oxygen atoms in total. The minimum Gasteiger partial charge on any atom is -0.465 e. The highest BCUT2D eigenvalue weighted by Crippen LogP contribution is 2.23. The molecule has 3 rings (SSSR count). The molecule has 1 unspecified atom stereocenters. The van der Waals surface area contributed by atoms with Crippen molar-refractivity contribution in [2.24, 2.45) is 0 Å². The highest BCUT2D eigenvalue weighted by Gasteiger charge is 2.21. The van der Waals surface area contributed by atoms with E-state index in [2.05, 4.69) is 10.3 Å². The molecule has 0 spiro atoms. The maximum Gasteiger partial charge on any atom is 0.405 e. The number of hydrogen-bond donors (Lipinski definition) is 2. The van der Waals surface area contributed by atoms with Gasteiger partial charge < -0.3 is 10.4 Å². The van der Waals surface area contributed by atoms with Gasteiger partial charge in [0.15, 0.2) is 0 Å². The van der Waals surface area contributed by atoms with Gasteiger partial charge >= 0.3 is 6.09 Å². The fourth-order valence-corrected chi connectivity index (χ4v) is 3.40. The van der Waals surface area contributed by atoms with Crippen molar-refractivity contribution in [3.8, 4) is 5.69 Å². The van der Waals surface area contributed by atoms with Crippen molar-refractivity contribution in [2.75, 3.05) is 0 Å². The first kappa shape index (κ1) is 19.1. The Kier molecular flexibility index (Phi) is 5.09. The van der Waals surface area contributed by atoms with Crippen molar-refractivity contribution < 1.29 is 23.1 Å². The maximum atomic E-state index is 13.8. The van der Waals surface area contributed by atoms with E-state index in [0.717, 1.165) is 22.8 Å². The summed E-state index contributed by atoms with van der Waals surface area (Å²) in [6.45, 7) is 1.42. The molecule has 140 valence electrons. The standard InChI is InChI=1S/C17H11F3IN3O3/c1-7(22-17(26)27)15-23-14-12(5-10(20)6-13(14)21)16(25)24(15)11-3-8(18)2-9(19)4-11/h2-7,22H,1H3,(H,26,27). The van der Waals surface area contributed by atoms with E-state index in [1.165, 1.54) is 13.0 Å². The zero-order chi connectivity index (χ0) is 19.9. The molecule has 2 N–H and O–H groups in total. The normalized spacial score (nSPS) is 12.2. The van der Waals surface area contributed by atoms with E-state index in [0.29, 0.717) is 9.64 Å². The quantitative estimate of drug-likeness (QED) is 0.550. The second kappa shape index (κ2) is 7.18. The Bertz CT molecular complexity index is 1110. The summed E-state index contributed by atoms with van der Waals surface area (Å²) in [7, 11) is 0. The van der Waals surface area contributed by atoms with Gasteiger partial charge in [0, 0.05) is 9.64 Å². The monoisotopic (exact) mass is 489 g/mol. The third-order valence-electron chi connectivity index (χ3n) is 3.75. The van der Waals surface area contributed by atoms with Crippen LogP contribution in [0.25, 0.3) is 16.6 Å². The summed E-state index contributed by atoms with van der Waals surface area (Å²) >= 11 is 1.80. The Labute approximate surface area is 163 Å². The smallest absolute Gasteiger partial charge is 0.405 e. The fourth-order valence-electron chi connectivity index (χ4n) is 2.69. The van der Waals surface area contributed by atoms with Crippen molar-refractivity contribution in [3.63, 3.8) is 0 Å². The van der Waals surface area contributed by atoms with Gasteiger partial charge in [-0.1, -0.05) is 0 Å². The Balaban J connectivity index is 2.42. The summed E-state index contributed by atoms with van der Waals surface area (Å²) in [5.74, 6) is -2.64. The second-order valence-electron chi connectivity index (χ2n) is 5.69. The zero-order valence-electron chi connectivity index (χ0n) is 13.6. The molecular weight excluding hydrogens is 478 g/mol. The molecule has 0 bridgehead atoms. The van der Waals surface area contributed by atoms with Gasteiger partial charge in [-0.25, -0.2) is 22.9 Å². The molecule has 2 aromatic carbocycles. The first-order valence-electron chi connectivity index (χ1n) is 7.55. The number of aromatic nitrogens is 2. The lowest BCUT2D eigenvalue weighted by molar-refractivity contribution is 0.190. The van der Waals surface area contributed by atoms with Crippen molar-refractivity contribution in [1.29, 1.82) is 0 Å². The van der Waals surface area contributed by atoms with Crippen LogP contribution in [0.2, 0.25) is 0 Å². The molecule has 1 atom stereocenters. The van der Waals surface area contributed by atoms with Crippen molar-refractivity contribution >= 4 is 39.6 Å². The van der Waals surface area contributed by atoms with E-state index in [-0.39, 0.29) is 22.4 Å². The predicted molar refractivity (Wildman–Crippen MR) is 99.5 cm³/mol. The molecule has 0 fully saturated rings. The molecular formula is C17H11F3IN3O3. The number of carbonyl (C=O) groups is 1. The number of benzene rings is 2. The average Bonchev–Trinajstić information content (AvgIpc) is 2.53. The Morgan fingerprint density at radius 1 is 1.15 bits per heavy atom. The van der Waals surface area contributed by atoms with E-state index in [1.807, 2.05) is 0 Å². The van der Waals surface area contributed by atoms with Crippen LogP contribution >= 0.6 is 22.6 Å². The van der Waals surface area contributed by atoms with Gasteiger partial charge in [-0.05, 0) is 53.8 Å². The lowest BCUT2D eigenvalue weighted by Crippen LogP contribution is -2.32. The number of hydrogen-bond acceptors (Lipinski definition) is 3. The average molecular weight is 489 g/mol. The van der Waals surface area contributed by atoms with Crippen molar-refractivity contribution in [3.05, 3.63) is 67.5 Å². The third-order valence-corrected chi connectivity index (χ3v) is 4.57. The van der Waals surface area contributed by atoms with E-state index in [9.17, 15) is 22.8 Å². The minimum atomic E-state index is -1.37. The van der Waals surface area contributed by atoms with Gasteiger partial charge in [-0.3, -0.25) is 9.36 Å². The zero-order valence-corrected chi connectivity index (χ0v) is 15.8. The minimum absolute atomic E-state index is 0.0931. The van der Waals surface area contributed by atoms with Crippen LogP contribution < -0.4 is 10.9 Å². The highest BCUT2D eigenvalue weighted by atomic mass is 127. The molecule has 27 heavy (non-hydrogen) atoms. The number of amides is 1. The summed E-state index contributed by atoms with van der Waals surface area (Å²) in [4.78, 5) is 28.3. The van der Waals surface area contributed by atoms with E-state index < -0.39 is 35.1 Å². The van der Waals surface area contributed by atoms with Crippen LogP contribution in [0.1, 0.15) is 18.8 Å². The summed E-state index contributed by atoms with van der Waals surface area (Å²) in [6.07, 6.45) is -1.37. The van der Waals surface area contributed by atoms with Gasteiger partial charge in [-0.15, -0.1) is 0 Å². The first-order chi connectivity index (χ1) is 12.7. The van der Waals surface area contributed by atoms with E-state index in [1.54, 1.807) is 22.6 Å². The van der Waals surface area contributed by atoms with Crippen LogP contribution in [0.5, 0.6) is 0 Å². The number of halogens is 4. The van der Waals surface area contributed by atoms with Crippen molar-refractivity contribution in [2.45, 2.75) is 13.0 Å². The molecule has 3 aromatic rings. The Hall–Kier alpha value is -2.63. The van der Waals surface area contributed by atoms with Crippen LogP contribution in [0, 0.1) is 21.0 Å². The lowest BCUT2D eigenvalue weighted by Gasteiger charge is -2.19. The summed E-state index contributed by atoms with van der Waals surface area (Å²) < 4.78 is 42.3. The van der Waals surface area contributed by atoms with E-state index in [4.69, 9.17) is 5.11 Å². The number of carboxylic acid groups (broad SMARTS) is 1. The second-order valence-corrected chi connectivity index (χ2v) is 6.86. The van der Waals surface area contributed by atoms with Gasteiger partial charge in [0.2, 0.25) is 0 Å². The summed E-state index contributed by atoms with van der Waals surface area (Å²) in [6, 6.07) is 3.58. The molecule has 10 heteroatoms. The molecule has 0 saturated heterocycles. The largest absolute Gasteiger partial charge is 0.465 e. The van der Waals surface area contributed by atoms with E-state index >= 15 is 0 Å². The Morgan fingerprint density at radius 2 is 1.74 bits per heavy atom. The predicted octanol–water partition coefficient (Wildman–Crippen LogP) is 3.74. The van der Waals surface area contributed by atoms with Crippen LogP contribution in [-0.2, 0) is 0 Å². The SMILES string of the molecule is CC(NC(=O)O)c1nc2c(I)cc(F)cc2c(=O)n1-c1cc(F)cc(F)c1. The Morgan fingerprint density at radius 3 is 2.33 bits per heavy atom. The van der Waals surface area contributed by atoms with Gasteiger partial charge in [0.25, 0.3) is 5.56 Å². The number of fused-ring (bicyclic) bond motifs is 1. The first-order valence-corrected chi connectivity index (χ1v) is 8.63. The highest BCUT2D eigenvalue weighted by molar-refractivity contribution is 14.1. The molecule has 0 aliphatic rings. The molecule has 0 saturated carbocycles. The molecule has 0 aliphatic carbocycles. The summed E-state index contributed by atoms with van der Waals surface area (Å²) in [5, 5.41) is 11.0. The maximum absolute atomic E-state index is 13.8. The number of rotatable bonds is 3.